The average molecular weight is 367 g/mol. The van der Waals surface area contributed by atoms with Gasteiger partial charge in [-0.1, -0.05) is 12.1 Å². The van der Waals surface area contributed by atoms with Crippen molar-refractivity contribution in [1.29, 1.82) is 0 Å². The van der Waals surface area contributed by atoms with Crippen LogP contribution in [0.2, 0.25) is 0 Å². The summed E-state index contributed by atoms with van der Waals surface area (Å²) in [6.45, 7) is 1.43. The van der Waals surface area contributed by atoms with E-state index in [2.05, 4.69) is 10.1 Å². The van der Waals surface area contributed by atoms with Gasteiger partial charge < -0.3 is 9.80 Å². The minimum atomic E-state index is -0.258. The summed E-state index contributed by atoms with van der Waals surface area (Å²) in [6.07, 6.45) is 3.59. The zero-order valence-electron chi connectivity index (χ0n) is 15.5. The molecule has 2 amide bonds. The highest BCUT2D eigenvalue weighted by Crippen LogP contribution is 2.27. The lowest BCUT2D eigenvalue weighted by Crippen LogP contribution is -2.43. The van der Waals surface area contributed by atoms with E-state index in [9.17, 15) is 9.18 Å². The second-order valence-electron chi connectivity index (χ2n) is 7.14. The lowest BCUT2D eigenvalue weighted by molar-refractivity contribution is 0.155. The van der Waals surface area contributed by atoms with Crippen molar-refractivity contribution in [3.8, 4) is 11.1 Å². The lowest BCUT2D eigenvalue weighted by atomic mass is 9.96. The minimum Gasteiger partial charge on any atom is -0.331 e. The van der Waals surface area contributed by atoms with Crippen LogP contribution in [0.3, 0.4) is 0 Å². The van der Waals surface area contributed by atoms with Crippen molar-refractivity contribution < 1.29 is 9.18 Å². The Bertz CT molecular complexity index is 975. The molecule has 0 saturated carbocycles. The summed E-state index contributed by atoms with van der Waals surface area (Å²) in [7, 11) is 3.54. The second kappa shape index (κ2) is 6.98. The van der Waals surface area contributed by atoms with Crippen LogP contribution in [-0.2, 0) is 0 Å². The van der Waals surface area contributed by atoms with Crippen LogP contribution in [0, 0.1) is 5.82 Å². The Labute approximate surface area is 157 Å². The average Bonchev–Trinajstić information content (AvgIpc) is 3.10. The van der Waals surface area contributed by atoms with Gasteiger partial charge in [0.2, 0.25) is 0 Å². The Hall–Kier alpha value is -2.96. The van der Waals surface area contributed by atoms with Gasteiger partial charge >= 0.3 is 6.03 Å². The molecule has 2 aromatic heterocycles. The molecule has 6 nitrogen and oxygen atoms in total. The maximum Gasteiger partial charge on any atom is 0.319 e. The fraction of sp³-hybridized carbons (Fsp3) is 0.350. The number of fused-ring (bicyclic) bond motifs is 1. The molecule has 7 heteroatoms. The zero-order valence-corrected chi connectivity index (χ0v) is 15.5. The highest BCUT2D eigenvalue weighted by molar-refractivity contribution is 5.73. The first-order valence-electron chi connectivity index (χ1n) is 9.10. The van der Waals surface area contributed by atoms with Gasteiger partial charge in [-0.2, -0.15) is 5.10 Å². The third-order valence-electron chi connectivity index (χ3n) is 5.02. The van der Waals surface area contributed by atoms with E-state index in [1.54, 1.807) is 29.6 Å². The molecule has 0 bridgehead atoms. The smallest absolute Gasteiger partial charge is 0.319 e. The molecule has 140 valence electrons. The monoisotopic (exact) mass is 367 g/mol. The molecule has 1 saturated heterocycles. The molecule has 27 heavy (non-hydrogen) atoms. The van der Waals surface area contributed by atoms with E-state index in [1.807, 2.05) is 29.3 Å². The second-order valence-corrected chi connectivity index (χ2v) is 7.14. The number of amides is 2. The number of benzene rings is 1. The fourth-order valence-electron chi connectivity index (χ4n) is 3.52. The van der Waals surface area contributed by atoms with E-state index in [0.29, 0.717) is 13.1 Å². The molecule has 3 aromatic rings. The Morgan fingerprint density at radius 1 is 1.15 bits per heavy atom. The predicted molar refractivity (Wildman–Crippen MR) is 101 cm³/mol. The summed E-state index contributed by atoms with van der Waals surface area (Å²) < 4.78 is 15.2. The van der Waals surface area contributed by atoms with E-state index < -0.39 is 0 Å². The van der Waals surface area contributed by atoms with Crippen molar-refractivity contribution in [2.45, 2.75) is 18.8 Å². The first-order valence-corrected chi connectivity index (χ1v) is 9.10. The van der Waals surface area contributed by atoms with Crippen LogP contribution >= 0.6 is 0 Å². The highest BCUT2D eigenvalue weighted by atomic mass is 19.1. The van der Waals surface area contributed by atoms with Gasteiger partial charge in [-0.3, -0.25) is 0 Å². The van der Waals surface area contributed by atoms with E-state index in [-0.39, 0.29) is 17.8 Å². The number of rotatable bonds is 2. The summed E-state index contributed by atoms with van der Waals surface area (Å²) in [5.74, 6) is 0.794. The lowest BCUT2D eigenvalue weighted by Gasteiger charge is -2.32. The first-order chi connectivity index (χ1) is 13.0. The molecule has 1 aliphatic rings. The van der Waals surface area contributed by atoms with Gasteiger partial charge in [-0.05, 0) is 42.7 Å². The predicted octanol–water partition coefficient (Wildman–Crippen LogP) is 3.40. The highest BCUT2D eigenvalue weighted by Gasteiger charge is 2.27. The Morgan fingerprint density at radius 2 is 1.93 bits per heavy atom. The maximum atomic E-state index is 13.5. The van der Waals surface area contributed by atoms with Gasteiger partial charge in [0.1, 0.15) is 5.82 Å². The summed E-state index contributed by atoms with van der Waals surface area (Å²) >= 11 is 0. The molecule has 0 spiro atoms. The molecule has 0 atom stereocenters. The maximum absolute atomic E-state index is 13.5. The molecule has 0 N–H and O–H groups in total. The van der Waals surface area contributed by atoms with Crippen LogP contribution in [0.4, 0.5) is 9.18 Å². The standard InChI is InChI=1S/C20H22FN5O/c1-24(2)20(27)25-10-8-14(9-11-25)19-22-18-7-6-16(13-26(18)23-19)15-4-3-5-17(21)12-15/h3-7,12-14H,8-11H2,1-2H3. The molecule has 4 rings (SSSR count). The zero-order chi connectivity index (χ0) is 19.0. The quantitative estimate of drug-likeness (QED) is 0.698. The van der Waals surface area contributed by atoms with Gasteiger partial charge in [-0.25, -0.2) is 18.7 Å². The molecule has 0 radical (unpaired) electrons. The Balaban J connectivity index is 1.53. The normalized spacial score (nSPS) is 15.3. The SMILES string of the molecule is CN(C)C(=O)N1CCC(c2nc3ccc(-c4cccc(F)c4)cn3n2)CC1. The number of carbonyl (C=O) groups excluding carboxylic acids is 1. The number of piperidine rings is 1. The number of pyridine rings is 1. The number of carbonyl (C=O) groups is 1. The molecular weight excluding hydrogens is 345 g/mol. The summed E-state index contributed by atoms with van der Waals surface area (Å²) in [6, 6.07) is 10.4. The van der Waals surface area contributed by atoms with Gasteiger partial charge in [0.05, 0.1) is 0 Å². The number of halogens is 1. The van der Waals surface area contributed by atoms with E-state index in [0.717, 1.165) is 35.4 Å². The van der Waals surface area contributed by atoms with E-state index >= 15 is 0 Å². The van der Waals surface area contributed by atoms with Crippen LogP contribution < -0.4 is 0 Å². The van der Waals surface area contributed by atoms with Crippen molar-refractivity contribution in [3.63, 3.8) is 0 Å². The van der Waals surface area contributed by atoms with Crippen LogP contribution in [0.15, 0.2) is 42.6 Å². The van der Waals surface area contributed by atoms with Crippen LogP contribution in [0.25, 0.3) is 16.8 Å². The number of hydrogen-bond donors (Lipinski definition) is 0. The summed E-state index contributed by atoms with van der Waals surface area (Å²) in [5.41, 5.74) is 2.48. The van der Waals surface area contributed by atoms with Crippen molar-refractivity contribution in [2.75, 3.05) is 27.2 Å². The van der Waals surface area contributed by atoms with Crippen LogP contribution in [0.5, 0.6) is 0 Å². The van der Waals surface area contributed by atoms with E-state index in [4.69, 9.17) is 0 Å². The Morgan fingerprint density at radius 3 is 2.63 bits per heavy atom. The summed E-state index contributed by atoms with van der Waals surface area (Å²) in [5, 5.41) is 4.65. The molecule has 0 unspecified atom stereocenters. The van der Waals surface area contributed by atoms with Gasteiger partial charge in [0, 0.05) is 44.9 Å². The van der Waals surface area contributed by atoms with Crippen molar-refractivity contribution in [1.82, 2.24) is 24.4 Å². The van der Waals surface area contributed by atoms with Gasteiger partial charge in [-0.15, -0.1) is 0 Å². The van der Waals surface area contributed by atoms with Crippen LogP contribution in [-0.4, -0.2) is 57.6 Å². The molecule has 1 fully saturated rings. The third kappa shape index (κ3) is 3.49. The minimum absolute atomic E-state index is 0.0520. The number of nitrogens with zero attached hydrogens (tertiary/aromatic N) is 5. The molecule has 1 aliphatic heterocycles. The number of likely N-dealkylation sites (tertiary alicyclic amines) is 1. The van der Waals surface area contributed by atoms with E-state index in [1.165, 1.54) is 12.1 Å². The van der Waals surface area contributed by atoms with Crippen LogP contribution in [0.1, 0.15) is 24.6 Å². The molecule has 3 heterocycles. The summed E-state index contributed by atoms with van der Waals surface area (Å²) in [4.78, 5) is 20.2. The number of hydrogen-bond acceptors (Lipinski definition) is 3. The number of aromatic nitrogens is 3. The van der Waals surface area contributed by atoms with Crippen molar-refractivity contribution in [2.24, 2.45) is 0 Å². The van der Waals surface area contributed by atoms with Crippen molar-refractivity contribution in [3.05, 3.63) is 54.2 Å². The molecular formula is C20H22FN5O. The third-order valence-corrected chi connectivity index (χ3v) is 5.02. The van der Waals surface area contributed by atoms with Crippen molar-refractivity contribution >= 4 is 11.7 Å². The largest absolute Gasteiger partial charge is 0.331 e. The topological polar surface area (TPSA) is 53.7 Å². The first kappa shape index (κ1) is 17.5. The molecule has 1 aromatic carbocycles. The van der Waals surface area contributed by atoms with Gasteiger partial charge in [0.15, 0.2) is 11.5 Å². The molecule has 0 aliphatic carbocycles. The number of urea groups is 1. The Kier molecular flexibility index (Phi) is 4.51. The van der Waals surface area contributed by atoms with Gasteiger partial charge in [0.25, 0.3) is 0 Å². The fourth-order valence-corrected chi connectivity index (χ4v) is 3.52.